The maximum atomic E-state index is 6.02. The van der Waals surface area contributed by atoms with Crippen molar-refractivity contribution < 1.29 is 4.74 Å². The zero-order valence-electron chi connectivity index (χ0n) is 11.7. The largest absolute Gasteiger partial charge is 0.496 e. The van der Waals surface area contributed by atoms with Gasteiger partial charge in [-0.15, -0.1) is 0 Å². The quantitative estimate of drug-likeness (QED) is 0.890. The molecule has 0 radical (unpaired) electrons. The highest BCUT2D eigenvalue weighted by molar-refractivity contribution is 5.85. The molecule has 2 aromatic rings. The Morgan fingerprint density at radius 3 is 2.68 bits per heavy atom. The van der Waals surface area contributed by atoms with Crippen LogP contribution in [0.2, 0.25) is 0 Å². The van der Waals surface area contributed by atoms with E-state index < -0.39 is 0 Å². The summed E-state index contributed by atoms with van der Waals surface area (Å²) < 4.78 is 5.55. The van der Waals surface area contributed by atoms with Crippen molar-refractivity contribution in [3.8, 4) is 16.9 Å². The molecule has 0 amide bonds. The molecule has 0 saturated heterocycles. The molecule has 2 heteroatoms. The molecular formula is C17H19NO. The van der Waals surface area contributed by atoms with Gasteiger partial charge in [0.05, 0.1) is 7.11 Å². The number of aryl methyl sites for hydroxylation is 2. The minimum atomic E-state index is 0.292. The van der Waals surface area contributed by atoms with Crippen LogP contribution in [0, 0.1) is 13.8 Å². The Bertz CT molecular complexity index is 646. The van der Waals surface area contributed by atoms with E-state index in [9.17, 15) is 0 Å². The second kappa shape index (κ2) is 4.39. The molecule has 0 fully saturated rings. The van der Waals surface area contributed by atoms with E-state index in [-0.39, 0.29) is 0 Å². The lowest BCUT2D eigenvalue weighted by Crippen LogP contribution is -2.12. The summed E-state index contributed by atoms with van der Waals surface area (Å²) in [4.78, 5) is 0. The molecule has 0 saturated carbocycles. The molecule has 1 atom stereocenters. The summed E-state index contributed by atoms with van der Waals surface area (Å²) in [6.07, 6.45) is 0. The van der Waals surface area contributed by atoms with Crippen molar-refractivity contribution in [3.63, 3.8) is 0 Å². The molecule has 0 bridgehead atoms. The van der Waals surface area contributed by atoms with E-state index in [0.717, 1.165) is 5.75 Å². The Balaban J connectivity index is 2.37. The Morgan fingerprint density at radius 1 is 1.21 bits per heavy atom. The molecule has 2 N–H and O–H groups in total. The second-order valence-corrected chi connectivity index (χ2v) is 5.26. The number of hydrogen-bond acceptors (Lipinski definition) is 2. The van der Waals surface area contributed by atoms with E-state index in [4.69, 9.17) is 10.5 Å². The molecule has 3 rings (SSSR count). The third-order valence-electron chi connectivity index (χ3n) is 4.04. The van der Waals surface area contributed by atoms with Gasteiger partial charge in [0.2, 0.25) is 0 Å². The fourth-order valence-electron chi connectivity index (χ4n) is 3.35. The van der Waals surface area contributed by atoms with Crippen LogP contribution in [0.15, 0.2) is 30.3 Å². The van der Waals surface area contributed by atoms with Crippen LogP contribution in [0.25, 0.3) is 11.1 Å². The van der Waals surface area contributed by atoms with E-state index in [0.29, 0.717) is 12.5 Å². The number of hydrogen-bond donors (Lipinski definition) is 1. The lowest BCUT2D eigenvalue weighted by Gasteiger charge is -2.13. The lowest BCUT2D eigenvalue weighted by atomic mass is 9.92. The molecule has 0 aliphatic heterocycles. The highest BCUT2D eigenvalue weighted by atomic mass is 16.5. The molecule has 1 unspecified atom stereocenters. The molecule has 0 heterocycles. The van der Waals surface area contributed by atoms with Gasteiger partial charge in [-0.05, 0) is 42.2 Å². The first-order chi connectivity index (χ1) is 9.17. The van der Waals surface area contributed by atoms with Gasteiger partial charge in [0.1, 0.15) is 5.75 Å². The number of fused-ring (bicyclic) bond motifs is 3. The average molecular weight is 253 g/mol. The van der Waals surface area contributed by atoms with E-state index >= 15 is 0 Å². The Morgan fingerprint density at radius 2 is 2.00 bits per heavy atom. The summed E-state index contributed by atoms with van der Waals surface area (Å²) in [5.74, 6) is 1.24. The Labute approximate surface area is 114 Å². The van der Waals surface area contributed by atoms with Gasteiger partial charge in [-0.2, -0.15) is 0 Å². The molecule has 0 spiro atoms. The molecule has 2 aromatic carbocycles. The summed E-state index contributed by atoms with van der Waals surface area (Å²) >= 11 is 0. The van der Waals surface area contributed by atoms with E-state index in [1.165, 1.54) is 33.4 Å². The number of nitrogens with two attached hydrogens (primary N) is 1. The molecule has 19 heavy (non-hydrogen) atoms. The van der Waals surface area contributed by atoms with Crippen LogP contribution in [-0.4, -0.2) is 13.7 Å². The summed E-state index contributed by atoms with van der Waals surface area (Å²) in [5.41, 5.74) is 13.8. The van der Waals surface area contributed by atoms with Gasteiger partial charge in [-0.1, -0.05) is 29.8 Å². The molecule has 1 aliphatic rings. The number of rotatable bonds is 2. The average Bonchev–Trinajstić information content (AvgIpc) is 2.72. The first kappa shape index (κ1) is 12.2. The fraction of sp³-hybridized carbons (Fsp3) is 0.294. The monoisotopic (exact) mass is 253 g/mol. The van der Waals surface area contributed by atoms with Crippen molar-refractivity contribution in [1.82, 2.24) is 0 Å². The van der Waals surface area contributed by atoms with Crippen molar-refractivity contribution in [1.29, 1.82) is 0 Å². The van der Waals surface area contributed by atoms with Crippen LogP contribution in [-0.2, 0) is 0 Å². The normalized spacial score (nSPS) is 16.1. The summed E-state index contributed by atoms with van der Waals surface area (Å²) in [7, 11) is 1.73. The van der Waals surface area contributed by atoms with Crippen molar-refractivity contribution in [3.05, 3.63) is 52.6 Å². The molecule has 0 aromatic heterocycles. The minimum absolute atomic E-state index is 0.292. The summed E-state index contributed by atoms with van der Waals surface area (Å²) in [6, 6.07) is 10.7. The number of ether oxygens (including phenoxy) is 1. The van der Waals surface area contributed by atoms with Crippen molar-refractivity contribution in [2.75, 3.05) is 13.7 Å². The van der Waals surface area contributed by atoms with Crippen molar-refractivity contribution >= 4 is 0 Å². The van der Waals surface area contributed by atoms with Crippen LogP contribution in [0.5, 0.6) is 5.75 Å². The molecule has 1 aliphatic carbocycles. The third kappa shape index (κ3) is 1.67. The van der Waals surface area contributed by atoms with Gasteiger partial charge in [0.25, 0.3) is 0 Å². The zero-order chi connectivity index (χ0) is 13.6. The van der Waals surface area contributed by atoms with Crippen LogP contribution >= 0.6 is 0 Å². The summed E-state index contributed by atoms with van der Waals surface area (Å²) in [5, 5.41) is 0. The first-order valence-electron chi connectivity index (χ1n) is 6.65. The third-order valence-corrected chi connectivity index (χ3v) is 4.04. The molecule has 98 valence electrons. The predicted molar refractivity (Wildman–Crippen MR) is 78.8 cm³/mol. The Hall–Kier alpha value is -1.80. The number of methoxy groups -OCH3 is 1. The van der Waals surface area contributed by atoms with Gasteiger partial charge in [0.15, 0.2) is 0 Å². The smallest absolute Gasteiger partial charge is 0.126 e. The van der Waals surface area contributed by atoms with Gasteiger partial charge in [0, 0.05) is 18.0 Å². The van der Waals surface area contributed by atoms with E-state index in [2.05, 4.69) is 32.0 Å². The fourth-order valence-corrected chi connectivity index (χ4v) is 3.35. The van der Waals surface area contributed by atoms with Crippen LogP contribution in [0.1, 0.15) is 28.2 Å². The van der Waals surface area contributed by atoms with Gasteiger partial charge >= 0.3 is 0 Å². The summed E-state index contributed by atoms with van der Waals surface area (Å²) in [6.45, 7) is 4.95. The predicted octanol–water partition coefficient (Wildman–Crippen LogP) is 3.38. The second-order valence-electron chi connectivity index (χ2n) is 5.26. The highest BCUT2D eigenvalue weighted by Crippen LogP contribution is 2.49. The van der Waals surface area contributed by atoms with Gasteiger partial charge < -0.3 is 10.5 Å². The van der Waals surface area contributed by atoms with Gasteiger partial charge in [-0.3, -0.25) is 0 Å². The maximum Gasteiger partial charge on any atom is 0.126 e. The first-order valence-corrected chi connectivity index (χ1v) is 6.65. The van der Waals surface area contributed by atoms with E-state index in [1.807, 2.05) is 12.1 Å². The Kier molecular flexibility index (Phi) is 2.83. The van der Waals surface area contributed by atoms with Crippen molar-refractivity contribution in [2.24, 2.45) is 5.73 Å². The molecular weight excluding hydrogens is 234 g/mol. The SMILES string of the molecule is COc1cccc2c1-c1cc(C)cc(C)c1C2CN. The van der Waals surface area contributed by atoms with E-state index in [1.54, 1.807) is 7.11 Å². The standard InChI is InChI=1S/C17H19NO/c1-10-7-11(2)16-13(8-10)17-12(14(16)9-18)5-4-6-15(17)19-3/h4-8,14H,9,18H2,1-3H3. The zero-order valence-corrected chi connectivity index (χ0v) is 11.7. The van der Waals surface area contributed by atoms with Gasteiger partial charge in [-0.25, -0.2) is 0 Å². The van der Waals surface area contributed by atoms with Crippen molar-refractivity contribution in [2.45, 2.75) is 19.8 Å². The van der Waals surface area contributed by atoms with Crippen LogP contribution < -0.4 is 10.5 Å². The topological polar surface area (TPSA) is 35.2 Å². The van der Waals surface area contributed by atoms with Crippen LogP contribution in [0.3, 0.4) is 0 Å². The number of benzene rings is 2. The minimum Gasteiger partial charge on any atom is -0.496 e. The maximum absolute atomic E-state index is 6.02. The highest BCUT2D eigenvalue weighted by Gasteiger charge is 2.31. The molecule has 2 nitrogen and oxygen atoms in total. The van der Waals surface area contributed by atoms with Crippen LogP contribution in [0.4, 0.5) is 0 Å². The lowest BCUT2D eigenvalue weighted by molar-refractivity contribution is 0.416.